The van der Waals surface area contributed by atoms with Gasteiger partial charge in [0.25, 0.3) is 0 Å². The normalized spacial score (nSPS) is 12.4. The van der Waals surface area contributed by atoms with Crippen molar-refractivity contribution in [1.82, 2.24) is 15.1 Å². The van der Waals surface area contributed by atoms with Crippen molar-refractivity contribution in [3.8, 4) is 0 Å². The van der Waals surface area contributed by atoms with Crippen LogP contribution >= 0.6 is 0 Å². The molecule has 1 N–H and O–H groups in total. The lowest BCUT2D eigenvalue weighted by Crippen LogP contribution is -2.22. The second-order valence-corrected chi connectivity index (χ2v) is 6.18. The Kier molecular flexibility index (Phi) is 5.19. The summed E-state index contributed by atoms with van der Waals surface area (Å²) < 4.78 is 2.03. The van der Waals surface area contributed by atoms with E-state index in [2.05, 4.69) is 51.2 Å². The van der Waals surface area contributed by atoms with Gasteiger partial charge >= 0.3 is 0 Å². The fourth-order valence-electron chi connectivity index (χ4n) is 1.69. The highest BCUT2D eigenvalue weighted by molar-refractivity contribution is 5.04. The maximum atomic E-state index is 4.39. The van der Waals surface area contributed by atoms with Crippen molar-refractivity contribution in [3.05, 3.63) is 18.0 Å². The summed E-state index contributed by atoms with van der Waals surface area (Å²) in [5, 5.41) is 7.86. The molecule has 98 valence electrons. The molecular weight excluding hydrogens is 210 g/mol. The summed E-state index contributed by atoms with van der Waals surface area (Å²) in [5.74, 6) is 0.806. The maximum Gasteiger partial charge on any atom is 0.0543 e. The van der Waals surface area contributed by atoms with Gasteiger partial charge in [0, 0.05) is 18.3 Å². The van der Waals surface area contributed by atoms with Crippen LogP contribution in [0.25, 0.3) is 0 Å². The maximum absolute atomic E-state index is 4.39. The van der Waals surface area contributed by atoms with Gasteiger partial charge in [0.15, 0.2) is 0 Å². The van der Waals surface area contributed by atoms with Gasteiger partial charge in [-0.15, -0.1) is 0 Å². The molecule has 0 unspecified atom stereocenters. The molecule has 0 spiro atoms. The molecule has 1 aromatic rings. The van der Waals surface area contributed by atoms with Gasteiger partial charge in [-0.05, 0) is 46.1 Å². The Hall–Kier alpha value is -0.830. The number of nitrogens with zero attached hydrogens (tertiary/aromatic N) is 2. The molecule has 0 aromatic carbocycles. The Morgan fingerprint density at radius 1 is 1.35 bits per heavy atom. The molecule has 0 radical (unpaired) electrons. The van der Waals surface area contributed by atoms with E-state index in [4.69, 9.17) is 0 Å². The molecular formula is C14H27N3. The Bertz CT molecular complexity index is 320. The van der Waals surface area contributed by atoms with Crippen LogP contribution in [-0.2, 0) is 12.1 Å². The van der Waals surface area contributed by atoms with Gasteiger partial charge in [0.1, 0.15) is 0 Å². The number of rotatable bonds is 6. The van der Waals surface area contributed by atoms with Crippen LogP contribution in [0.4, 0.5) is 0 Å². The zero-order valence-electron chi connectivity index (χ0n) is 12.0. The summed E-state index contributed by atoms with van der Waals surface area (Å²) in [7, 11) is 0. The molecule has 1 rings (SSSR count). The van der Waals surface area contributed by atoms with Crippen molar-refractivity contribution >= 4 is 0 Å². The monoisotopic (exact) mass is 237 g/mol. The largest absolute Gasteiger partial charge is 0.313 e. The SMILES string of the molecule is CC(C)CCCNCc1cnn(C(C)(C)C)c1. The van der Waals surface area contributed by atoms with Gasteiger partial charge in [-0.2, -0.15) is 5.10 Å². The highest BCUT2D eigenvalue weighted by atomic mass is 15.3. The first-order valence-electron chi connectivity index (χ1n) is 6.64. The molecule has 0 fully saturated rings. The Balaban J connectivity index is 2.26. The van der Waals surface area contributed by atoms with E-state index in [-0.39, 0.29) is 5.54 Å². The van der Waals surface area contributed by atoms with E-state index in [9.17, 15) is 0 Å². The quantitative estimate of drug-likeness (QED) is 0.770. The minimum atomic E-state index is 0.0793. The molecule has 0 atom stereocenters. The summed E-state index contributed by atoms with van der Waals surface area (Å²) in [5.41, 5.74) is 1.35. The van der Waals surface area contributed by atoms with Gasteiger partial charge in [0.05, 0.1) is 11.7 Å². The first kappa shape index (κ1) is 14.2. The van der Waals surface area contributed by atoms with Crippen molar-refractivity contribution in [2.24, 2.45) is 5.92 Å². The average Bonchev–Trinajstić information content (AvgIpc) is 2.64. The molecule has 3 heteroatoms. The fraction of sp³-hybridized carbons (Fsp3) is 0.786. The predicted octanol–water partition coefficient (Wildman–Crippen LogP) is 3.16. The lowest BCUT2D eigenvalue weighted by molar-refractivity contribution is 0.355. The van der Waals surface area contributed by atoms with Crippen molar-refractivity contribution in [2.75, 3.05) is 6.54 Å². The van der Waals surface area contributed by atoms with Crippen LogP contribution in [-0.4, -0.2) is 16.3 Å². The lowest BCUT2D eigenvalue weighted by atomic mass is 10.1. The Labute approximate surface area is 106 Å². The highest BCUT2D eigenvalue weighted by Crippen LogP contribution is 2.13. The van der Waals surface area contributed by atoms with Gasteiger partial charge in [-0.3, -0.25) is 4.68 Å². The Morgan fingerprint density at radius 3 is 2.59 bits per heavy atom. The molecule has 17 heavy (non-hydrogen) atoms. The highest BCUT2D eigenvalue weighted by Gasteiger charge is 2.13. The van der Waals surface area contributed by atoms with Crippen LogP contribution in [0.5, 0.6) is 0 Å². The van der Waals surface area contributed by atoms with Crippen molar-refractivity contribution < 1.29 is 0 Å². The summed E-state index contributed by atoms with van der Waals surface area (Å²) in [6, 6.07) is 0. The number of hydrogen-bond acceptors (Lipinski definition) is 2. The second-order valence-electron chi connectivity index (χ2n) is 6.18. The molecule has 0 amide bonds. The third-order valence-electron chi connectivity index (χ3n) is 2.79. The average molecular weight is 237 g/mol. The van der Waals surface area contributed by atoms with Crippen molar-refractivity contribution in [1.29, 1.82) is 0 Å². The summed E-state index contributed by atoms with van der Waals surface area (Å²) in [4.78, 5) is 0. The van der Waals surface area contributed by atoms with Crippen molar-refractivity contribution in [3.63, 3.8) is 0 Å². The van der Waals surface area contributed by atoms with Gasteiger partial charge in [-0.1, -0.05) is 13.8 Å². The standard InChI is InChI=1S/C14H27N3/c1-12(2)7-6-8-15-9-13-10-16-17(11-13)14(3,4)5/h10-12,15H,6-9H2,1-5H3. The van der Waals surface area contributed by atoms with Crippen molar-refractivity contribution in [2.45, 2.75) is 59.5 Å². The van der Waals surface area contributed by atoms with Crippen LogP contribution in [0, 0.1) is 5.92 Å². The van der Waals surface area contributed by atoms with E-state index in [0.717, 1.165) is 19.0 Å². The molecule has 3 nitrogen and oxygen atoms in total. The minimum Gasteiger partial charge on any atom is -0.313 e. The van der Waals surface area contributed by atoms with Crippen LogP contribution in [0.1, 0.15) is 53.0 Å². The van der Waals surface area contributed by atoms with E-state index in [0.29, 0.717) is 0 Å². The zero-order valence-corrected chi connectivity index (χ0v) is 12.0. The molecule has 0 aliphatic rings. The molecule has 0 aliphatic heterocycles. The third kappa shape index (κ3) is 5.35. The van der Waals surface area contributed by atoms with E-state index >= 15 is 0 Å². The zero-order chi connectivity index (χ0) is 12.9. The first-order valence-corrected chi connectivity index (χ1v) is 6.64. The molecule has 0 aliphatic carbocycles. The molecule has 1 heterocycles. The van der Waals surface area contributed by atoms with Gasteiger partial charge < -0.3 is 5.32 Å². The minimum absolute atomic E-state index is 0.0793. The molecule has 0 saturated carbocycles. The van der Waals surface area contributed by atoms with E-state index in [1.807, 2.05) is 10.9 Å². The van der Waals surface area contributed by atoms with E-state index < -0.39 is 0 Å². The smallest absolute Gasteiger partial charge is 0.0543 e. The number of nitrogens with one attached hydrogen (secondary N) is 1. The van der Waals surface area contributed by atoms with Gasteiger partial charge in [-0.25, -0.2) is 0 Å². The van der Waals surface area contributed by atoms with Gasteiger partial charge in [0.2, 0.25) is 0 Å². The molecule has 0 saturated heterocycles. The number of aromatic nitrogens is 2. The summed E-state index contributed by atoms with van der Waals surface area (Å²) >= 11 is 0. The van der Waals surface area contributed by atoms with Crippen LogP contribution in [0.2, 0.25) is 0 Å². The van der Waals surface area contributed by atoms with Crippen LogP contribution < -0.4 is 5.32 Å². The van der Waals surface area contributed by atoms with Crippen LogP contribution in [0.3, 0.4) is 0 Å². The fourth-order valence-corrected chi connectivity index (χ4v) is 1.69. The number of hydrogen-bond donors (Lipinski definition) is 1. The van der Waals surface area contributed by atoms with Crippen LogP contribution in [0.15, 0.2) is 12.4 Å². The van der Waals surface area contributed by atoms with E-state index in [1.54, 1.807) is 0 Å². The predicted molar refractivity (Wildman–Crippen MR) is 73.0 cm³/mol. The summed E-state index contributed by atoms with van der Waals surface area (Å²) in [6.45, 7) is 13.1. The van der Waals surface area contributed by atoms with E-state index in [1.165, 1.54) is 18.4 Å². The topological polar surface area (TPSA) is 29.9 Å². The molecule has 0 bridgehead atoms. The lowest BCUT2D eigenvalue weighted by Gasteiger charge is -2.18. The first-order chi connectivity index (χ1) is 7.89. The summed E-state index contributed by atoms with van der Waals surface area (Å²) in [6.07, 6.45) is 6.65. The Morgan fingerprint density at radius 2 is 2.06 bits per heavy atom. The third-order valence-corrected chi connectivity index (χ3v) is 2.79. The second kappa shape index (κ2) is 6.20. The molecule has 1 aromatic heterocycles.